The molecule has 116 valence electrons. The summed E-state index contributed by atoms with van der Waals surface area (Å²) >= 11 is 7.19. The van der Waals surface area contributed by atoms with Crippen LogP contribution in [0.1, 0.15) is 26.6 Å². The molecule has 2 aromatic rings. The highest BCUT2D eigenvalue weighted by atomic mass is 35.5. The van der Waals surface area contributed by atoms with Gasteiger partial charge in [0.25, 0.3) is 0 Å². The first-order valence-corrected chi connectivity index (χ1v) is 7.71. The van der Waals surface area contributed by atoms with E-state index >= 15 is 0 Å². The lowest BCUT2D eigenvalue weighted by Crippen LogP contribution is -2.12. The van der Waals surface area contributed by atoms with Crippen LogP contribution >= 0.6 is 22.9 Å². The average Bonchev–Trinajstić information content (AvgIpc) is 2.89. The van der Waals surface area contributed by atoms with Gasteiger partial charge in [-0.1, -0.05) is 11.6 Å². The summed E-state index contributed by atoms with van der Waals surface area (Å²) in [4.78, 5) is 26.6. The molecule has 1 N–H and O–H groups in total. The Balaban J connectivity index is 2.01. The van der Waals surface area contributed by atoms with Crippen LogP contribution in [0.2, 0.25) is 5.02 Å². The van der Waals surface area contributed by atoms with E-state index in [1.54, 1.807) is 17.5 Å². The van der Waals surface area contributed by atoms with Gasteiger partial charge in [-0.3, -0.25) is 9.59 Å². The highest BCUT2D eigenvalue weighted by Crippen LogP contribution is 2.26. The molecule has 0 spiro atoms. The van der Waals surface area contributed by atoms with Gasteiger partial charge in [-0.05, 0) is 37.1 Å². The number of hydrogen-bond acceptors (Lipinski definition) is 5. The van der Waals surface area contributed by atoms with Crippen molar-refractivity contribution < 1.29 is 19.4 Å². The molecule has 0 bridgehead atoms. The molecule has 0 aliphatic carbocycles. The molecule has 7 heteroatoms. The van der Waals surface area contributed by atoms with Crippen LogP contribution in [0.25, 0.3) is 0 Å². The SMILES string of the molecule is Cc1cc(OCC(=O)c2nc(CC(=O)O)cs2)cc(C)c1Cl. The topological polar surface area (TPSA) is 76.5 Å². The zero-order valence-electron chi connectivity index (χ0n) is 12.1. The third-order valence-corrected chi connectivity index (χ3v) is 4.43. The number of carboxylic acid groups (broad SMARTS) is 1. The van der Waals surface area contributed by atoms with E-state index in [2.05, 4.69) is 4.98 Å². The second-order valence-electron chi connectivity index (χ2n) is 4.80. The molecular formula is C15H14ClNO4S. The average molecular weight is 340 g/mol. The van der Waals surface area contributed by atoms with Crippen molar-refractivity contribution in [1.82, 2.24) is 4.98 Å². The normalized spacial score (nSPS) is 10.5. The number of thiazole rings is 1. The van der Waals surface area contributed by atoms with Crippen molar-refractivity contribution in [3.05, 3.63) is 44.4 Å². The molecule has 1 aromatic heterocycles. The molecule has 1 aromatic carbocycles. The Labute approximate surface area is 136 Å². The van der Waals surface area contributed by atoms with Gasteiger partial charge in [-0.25, -0.2) is 4.98 Å². The van der Waals surface area contributed by atoms with Crippen molar-refractivity contribution in [3.63, 3.8) is 0 Å². The first-order chi connectivity index (χ1) is 10.4. The Hall–Kier alpha value is -1.92. The summed E-state index contributed by atoms with van der Waals surface area (Å²) in [6.45, 7) is 3.58. The number of aromatic nitrogens is 1. The Morgan fingerprint density at radius 3 is 2.55 bits per heavy atom. The summed E-state index contributed by atoms with van der Waals surface area (Å²) in [7, 11) is 0. The van der Waals surface area contributed by atoms with Crippen molar-refractivity contribution in [2.75, 3.05) is 6.61 Å². The molecule has 0 unspecified atom stereocenters. The van der Waals surface area contributed by atoms with E-state index in [4.69, 9.17) is 21.4 Å². The van der Waals surface area contributed by atoms with E-state index in [-0.39, 0.29) is 23.8 Å². The number of Topliss-reactive ketones (excluding diaryl/α,β-unsaturated/α-hetero) is 1. The summed E-state index contributed by atoms with van der Waals surface area (Å²) in [5.74, 6) is -0.699. The number of benzene rings is 1. The van der Waals surface area contributed by atoms with Gasteiger partial charge >= 0.3 is 5.97 Å². The molecule has 0 radical (unpaired) electrons. The number of ketones is 1. The van der Waals surface area contributed by atoms with E-state index in [1.807, 2.05) is 13.8 Å². The maximum atomic E-state index is 12.0. The first kappa shape index (κ1) is 16.5. The first-order valence-electron chi connectivity index (χ1n) is 6.45. The van der Waals surface area contributed by atoms with Gasteiger partial charge in [0.2, 0.25) is 5.78 Å². The summed E-state index contributed by atoms with van der Waals surface area (Å²) in [5, 5.41) is 11.2. The predicted octanol–water partition coefficient (Wildman–Crippen LogP) is 3.30. The van der Waals surface area contributed by atoms with E-state index in [0.29, 0.717) is 16.5 Å². The fourth-order valence-electron chi connectivity index (χ4n) is 1.87. The van der Waals surface area contributed by atoms with Crippen LogP contribution < -0.4 is 4.74 Å². The Kier molecular flexibility index (Phi) is 5.15. The molecule has 5 nitrogen and oxygen atoms in total. The molecular weight excluding hydrogens is 326 g/mol. The van der Waals surface area contributed by atoms with Gasteiger partial charge in [0.05, 0.1) is 12.1 Å². The molecule has 0 aliphatic heterocycles. The Morgan fingerprint density at radius 2 is 1.95 bits per heavy atom. The van der Waals surface area contributed by atoms with Gasteiger partial charge in [0.15, 0.2) is 11.6 Å². The zero-order valence-corrected chi connectivity index (χ0v) is 13.6. The van der Waals surface area contributed by atoms with Crippen LogP contribution in [-0.2, 0) is 11.2 Å². The lowest BCUT2D eigenvalue weighted by Gasteiger charge is -2.08. The smallest absolute Gasteiger partial charge is 0.309 e. The molecule has 2 rings (SSSR count). The van der Waals surface area contributed by atoms with Gasteiger partial charge in [0, 0.05) is 10.4 Å². The zero-order chi connectivity index (χ0) is 16.3. The second kappa shape index (κ2) is 6.89. The number of carboxylic acids is 1. The van der Waals surface area contributed by atoms with E-state index in [1.165, 1.54) is 0 Å². The molecule has 0 amide bonds. The lowest BCUT2D eigenvalue weighted by molar-refractivity contribution is -0.136. The van der Waals surface area contributed by atoms with Crippen LogP contribution in [-0.4, -0.2) is 28.4 Å². The van der Waals surface area contributed by atoms with Crippen molar-refractivity contribution in [3.8, 4) is 5.75 Å². The van der Waals surface area contributed by atoms with Crippen LogP contribution in [0.5, 0.6) is 5.75 Å². The van der Waals surface area contributed by atoms with Crippen molar-refractivity contribution in [2.24, 2.45) is 0 Å². The molecule has 0 atom stereocenters. The van der Waals surface area contributed by atoms with Crippen LogP contribution in [0.15, 0.2) is 17.5 Å². The maximum Gasteiger partial charge on any atom is 0.309 e. The Bertz CT molecular complexity index is 703. The van der Waals surface area contributed by atoms with Crippen molar-refractivity contribution >= 4 is 34.7 Å². The number of carbonyl (C=O) groups is 2. The number of halogens is 1. The van der Waals surface area contributed by atoms with Gasteiger partial charge < -0.3 is 9.84 Å². The molecule has 22 heavy (non-hydrogen) atoms. The fourth-order valence-corrected chi connectivity index (χ4v) is 2.72. The van der Waals surface area contributed by atoms with E-state index in [0.717, 1.165) is 22.5 Å². The van der Waals surface area contributed by atoms with Gasteiger partial charge in [0.1, 0.15) is 5.75 Å². The summed E-state index contributed by atoms with van der Waals surface area (Å²) in [5.41, 5.74) is 2.13. The lowest BCUT2D eigenvalue weighted by atomic mass is 10.1. The Morgan fingerprint density at radius 1 is 1.32 bits per heavy atom. The van der Waals surface area contributed by atoms with Crippen LogP contribution in [0.3, 0.4) is 0 Å². The summed E-state index contributed by atoms with van der Waals surface area (Å²) in [6, 6.07) is 3.53. The number of hydrogen-bond donors (Lipinski definition) is 1. The number of carbonyl (C=O) groups excluding carboxylic acids is 1. The third kappa shape index (κ3) is 4.05. The van der Waals surface area contributed by atoms with Gasteiger partial charge in [-0.15, -0.1) is 11.3 Å². The predicted molar refractivity (Wildman–Crippen MR) is 84.2 cm³/mol. The quantitative estimate of drug-likeness (QED) is 0.817. The minimum Gasteiger partial charge on any atom is -0.485 e. The largest absolute Gasteiger partial charge is 0.485 e. The molecule has 0 saturated heterocycles. The van der Waals surface area contributed by atoms with Crippen LogP contribution in [0, 0.1) is 13.8 Å². The molecule has 1 heterocycles. The summed E-state index contributed by atoms with van der Waals surface area (Å²) in [6.07, 6.45) is -0.194. The highest BCUT2D eigenvalue weighted by Gasteiger charge is 2.14. The van der Waals surface area contributed by atoms with Gasteiger partial charge in [-0.2, -0.15) is 0 Å². The second-order valence-corrected chi connectivity index (χ2v) is 6.03. The number of aryl methyl sites for hydroxylation is 2. The maximum absolute atomic E-state index is 12.0. The molecule has 0 fully saturated rings. The third-order valence-electron chi connectivity index (χ3n) is 2.90. The number of ether oxygens (including phenoxy) is 1. The van der Waals surface area contributed by atoms with E-state index < -0.39 is 5.97 Å². The molecule has 0 aliphatic rings. The van der Waals surface area contributed by atoms with Crippen LogP contribution in [0.4, 0.5) is 0 Å². The number of aliphatic carboxylic acids is 1. The monoisotopic (exact) mass is 339 g/mol. The standard InChI is InChI=1S/C15H14ClNO4S/c1-8-3-11(4-9(2)14(8)16)21-6-12(18)15-17-10(7-22-15)5-13(19)20/h3-4,7H,5-6H2,1-2H3,(H,19,20). The van der Waals surface area contributed by atoms with Crippen molar-refractivity contribution in [2.45, 2.75) is 20.3 Å². The minimum atomic E-state index is -0.979. The number of nitrogens with zero attached hydrogens (tertiary/aromatic N) is 1. The number of rotatable bonds is 6. The minimum absolute atomic E-state index is 0.152. The fraction of sp³-hybridized carbons (Fsp3) is 0.267. The van der Waals surface area contributed by atoms with Crippen molar-refractivity contribution in [1.29, 1.82) is 0 Å². The molecule has 0 saturated carbocycles. The van der Waals surface area contributed by atoms with E-state index in [9.17, 15) is 9.59 Å². The highest BCUT2D eigenvalue weighted by molar-refractivity contribution is 7.11. The summed E-state index contributed by atoms with van der Waals surface area (Å²) < 4.78 is 5.47.